The standard InChI is InChI=1S/C39H68O5/c1-3-5-7-9-11-13-15-17-19-21-23-25-27-29-31-33-38(41)43-36-37(35-40)44-39(42)34-32-30-28-26-24-22-20-18-16-14-12-10-8-6-4-2/h9,11-15,18,20,37,40H,3-8,10,16-17,19,21-36H2,1-2H3/b11-9+,14-12+,15-13+,20-18+/t37-/m1/s1. The number of aliphatic hydroxyl groups is 1. The number of carbonyl (C=O) groups is 2. The van der Waals surface area contributed by atoms with E-state index in [2.05, 4.69) is 62.5 Å². The van der Waals surface area contributed by atoms with Gasteiger partial charge in [0.1, 0.15) is 6.61 Å². The van der Waals surface area contributed by atoms with Crippen LogP contribution < -0.4 is 0 Å². The van der Waals surface area contributed by atoms with Crippen LogP contribution in [-0.4, -0.2) is 36.4 Å². The van der Waals surface area contributed by atoms with E-state index in [1.54, 1.807) is 0 Å². The fraction of sp³-hybridized carbons (Fsp3) is 0.744. The maximum absolute atomic E-state index is 12.1. The molecule has 254 valence electrons. The van der Waals surface area contributed by atoms with E-state index < -0.39 is 6.10 Å². The van der Waals surface area contributed by atoms with Crippen LogP contribution in [0, 0.1) is 0 Å². The third kappa shape index (κ3) is 32.8. The maximum atomic E-state index is 12.1. The van der Waals surface area contributed by atoms with Crippen molar-refractivity contribution in [3.05, 3.63) is 48.6 Å². The van der Waals surface area contributed by atoms with Crippen LogP contribution in [0.3, 0.4) is 0 Å². The molecule has 5 heteroatoms. The van der Waals surface area contributed by atoms with Gasteiger partial charge in [0.25, 0.3) is 0 Å². The molecule has 0 rings (SSSR count). The Morgan fingerprint density at radius 3 is 1.55 bits per heavy atom. The summed E-state index contributed by atoms with van der Waals surface area (Å²) in [5.74, 6) is -0.621. The van der Waals surface area contributed by atoms with Gasteiger partial charge in [-0.05, 0) is 64.2 Å². The monoisotopic (exact) mass is 617 g/mol. The van der Waals surface area contributed by atoms with Gasteiger partial charge in [0.2, 0.25) is 0 Å². The molecule has 44 heavy (non-hydrogen) atoms. The zero-order valence-electron chi connectivity index (χ0n) is 28.7. The van der Waals surface area contributed by atoms with Crippen molar-refractivity contribution in [2.75, 3.05) is 13.2 Å². The molecule has 0 fully saturated rings. The van der Waals surface area contributed by atoms with Crippen LogP contribution in [0.5, 0.6) is 0 Å². The molecule has 0 aliphatic carbocycles. The predicted molar refractivity (Wildman–Crippen MR) is 187 cm³/mol. The summed E-state index contributed by atoms with van der Waals surface area (Å²) in [7, 11) is 0. The molecule has 1 atom stereocenters. The summed E-state index contributed by atoms with van der Waals surface area (Å²) in [4.78, 5) is 24.2. The topological polar surface area (TPSA) is 72.8 Å². The second kappa shape index (κ2) is 35.3. The van der Waals surface area contributed by atoms with Crippen LogP contribution in [0.25, 0.3) is 0 Å². The van der Waals surface area contributed by atoms with E-state index in [0.29, 0.717) is 12.8 Å². The lowest BCUT2D eigenvalue weighted by molar-refractivity contribution is -0.161. The Labute approximate surface area is 271 Å². The van der Waals surface area contributed by atoms with Gasteiger partial charge >= 0.3 is 11.9 Å². The molecule has 0 unspecified atom stereocenters. The van der Waals surface area contributed by atoms with E-state index >= 15 is 0 Å². The molecule has 0 aromatic carbocycles. The number of esters is 2. The summed E-state index contributed by atoms with van der Waals surface area (Å²) >= 11 is 0. The van der Waals surface area contributed by atoms with E-state index in [-0.39, 0.29) is 25.2 Å². The Morgan fingerprint density at radius 2 is 1.00 bits per heavy atom. The molecule has 0 aromatic rings. The second-order valence-corrected chi connectivity index (χ2v) is 12.0. The summed E-state index contributed by atoms with van der Waals surface area (Å²) < 4.78 is 10.6. The number of ether oxygens (including phenoxy) is 2. The van der Waals surface area contributed by atoms with Crippen LogP contribution in [-0.2, 0) is 19.1 Å². The zero-order valence-corrected chi connectivity index (χ0v) is 28.7. The molecular formula is C39H68O5. The molecule has 0 aliphatic heterocycles. The molecule has 5 nitrogen and oxygen atoms in total. The highest BCUT2D eigenvalue weighted by Crippen LogP contribution is 2.12. The zero-order chi connectivity index (χ0) is 32.2. The van der Waals surface area contributed by atoms with Crippen molar-refractivity contribution in [1.29, 1.82) is 0 Å². The lowest BCUT2D eigenvalue weighted by atomic mass is 10.1. The van der Waals surface area contributed by atoms with Crippen molar-refractivity contribution in [2.24, 2.45) is 0 Å². The van der Waals surface area contributed by atoms with Crippen molar-refractivity contribution in [1.82, 2.24) is 0 Å². The molecule has 0 aromatic heterocycles. The number of hydrogen-bond donors (Lipinski definition) is 1. The minimum Gasteiger partial charge on any atom is -0.462 e. The number of allylic oxidation sites excluding steroid dienone is 8. The largest absolute Gasteiger partial charge is 0.462 e. The number of carbonyl (C=O) groups excluding carboxylic acids is 2. The number of aliphatic hydroxyl groups excluding tert-OH is 1. The van der Waals surface area contributed by atoms with Crippen LogP contribution in [0.4, 0.5) is 0 Å². The van der Waals surface area contributed by atoms with Gasteiger partial charge in [-0.2, -0.15) is 0 Å². The predicted octanol–water partition coefficient (Wildman–Crippen LogP) is 11.1. The van der Waals surface area contributed by atoms with Crippen LogP contribution in [0.2, 0.25) is 0 Å². The van der Waals surface area contributed by atoms with Gasteiger partial charge in [-0.3, -0.25) is 9.59 Å². The van der Waals surface area contributed by atoms with Gasteiger partial charge < -0.3 is 14.6 Å². The summed E-state index contributed by atoms with van der Waals surface area (Å²) in [5, 5.41) is 9.52. The van der Waals surface area contributed by atoms with E-state index in [4.69, 9.17) is 9.47 Å². The third-order valence-electron chi connectivity index (χ3n) is 7.62. The van der Waals surface area contributed by atoms with Crippen LogP contribution >= 0.6 is 0 Å². The maximum Gasteiger partial charge on any atom is 0.306 e. The minimum atomic E-state index is -0.781. The highest BCUT2D eigenvalue weighted by Gasteiger charge is 2.16. The highest BCUT2D eigenvalue weighted by molar-refractivity contribution is 5.70. The Balaban J connectivity index is 3.62. The molecule has 0 spiro atoms. The first-order chi connectivity index (χ1) is 21.6. The van der Waals surface area contributed by atoms with Gasteiger partial charge in [-0.1, -0.05) is 140 Å². The van der Waals surface area contributed by atoms with Gasteiger partial charge in [0, 0.05) is 12.8 Å². The molecule has 0 radical (unpaired) electrons. The fourth-order valence-corrected chi connectivity index (χ4v) is 4.79. The molecule has 1 N–H and O–H groups in total. The minimum absolute atomic E-state index is 0.0772. The van der Waals surface area contributed by atoms with Crippen molar-refractivity contribution in [3.63, 3.8) is 0 Å². The van der Waals surface area contributed by atoms with E-state index in [1.165, 1.54) is 77.0 Å². The van der Waals surface area contributed by atoms with Crippen molar-refractivity contribution in [2.45, 2.75) is 174 Å². The molecule has 0 saturated carbocycles. The summed E-state index contributed by atoms with van der Waals surface area (Å²) in [6.07, 6.45) is 43.0. The average molecular weight is 617 g/mol. The first kappa shape index (κ1) is 41.9. The SMILES string of the molecule is CCCC/C=C/C=C/CCCCCCCCCC(=O)OC[C@@H](CO)OC(=O)CCCCCCC/C=C/C/C=C/CCCCC. The average Bonchev–Trinajstić information content (AvgIpc) is 3.02. The Hall–Kier alpha value is -2.14. The van der Waals surface area contributed by atoms with E-state index in [1.807, 2.05) is 0 Å². The highest BCUT2D eigenvalue weighted by atomic mass is 16.6. The smallest absolute Gasteiger partial charge is 0.306 e. The molecule has 0 saturated heterocycles. The Bertz CT molecular complexity index is 752. The normalized spacial score (nSPS) is 12.7. The van der Waals surface area contributed by atoms with E-state index in [9.17, 15) is 14.7 Å². The lowest BCUT2D eigenvalue weighted by Gasteiger charge is -2.15. The van der Waals surface area contributed by atoms with Crippen LogP contribution in [0.1, 0.15) is 168 Å². The third-order valence-corrected chi connectivity index (χ3v) is 7.62. The molecule has 0 heterocycles. The van der Waals surface area contributed by atoms with Crippen molar-refractivity contribution >= 4 is 11.9 Å². The van der Waals surface area contributed by atoms with Crippen LogP contribution in [0.15, 0.2) is 48.6 Å². The summed E-state index contributed by atoms with van der Waals surface area (Å²) in [6.45, 7) is 4.03. The van der Waals surface area contributed by atoms with Gasteiger partial charge in [0.15, 0.2) is 6.10 Å². The number of hydrogen-bond acceptors (Lipinski definition) is 5. The second-order valence-electron chi connectivity index (χ2n) is 12.0. The molecular weight excluding hydrogens is 548 g/mol. The van der Waals surface area contributed by atoms with Crippen molar-refractivity contribution in [3.8, 4) is 0 Å². The summed E-state index contributed by atoms with van der Waals surface area (Å²) in [6, 6.07) is 0. The van der Waals surface area contributed by atoms with Gasteiger partial charge in [-0.15, -0.1) is 0 Å². The Morgan fingerprint density at radius 1 is 0.545 bits per heavy atom. The summed E-state index contributed by atoms with van der Waals surface area (Å²) in [5.41, 5.74) is 0. The lowest BCUT2D eigenvalue weighted by Crippen LogP contribution is -2.28. The fourth-order valence-electron chi connectivity index (χ4n) is 4.79. The Kier molecular flexibility index (Phi) is 33.6. The quantitative estimate of drug-likeness (QED) is 0.0352. The molecule has 0 aliphatic rings. The molecule has 0 amide bonds. The first-order valence-electron chi connectivity index (χ1n) is 18.2. The van der Waals surface area contributed by atoms with Gasteiger partial charge in [-0.25, -0.2) is 0 Å². The van der Waals surface area contributed by atoms with Crippen molar-refractivity contribution < 1.29 is 24.2 Å². The first-order valence-corrected chi connectivity index (χ1v) is 18.2. The van der Waals surface area contributed by atoms with Gasteiger partial charge in [0.05, 0.1) is 6.61 Å². The molecule has 0 bridgehead atoms. The van der Waals surface area contributed by atoms with E-state index in [0.717, 1.165) is 64.2 Å². The number of unbranched alkanes of at least 4 members (excludes halogenated alkanes) is 17. The number of rotatable bonds is 32.